The molecule has 0 N–H and O–H groups in total. The normalized spacial score (nSPS) is 15.8. The van der Waals surface area contributed by atoms with Crippen molar-refractivity contribution >= 4 is 66.5 Å². The molecule has 5 aromatic carbocycles. The monoisotopic (exact) mass is 569 g/mol. The van der Waals surface area contributed by atoms with Gasteiger partial charge in [0.2, 0.25) is 0 Å². The number of nitrogens with zero attached hydrogens (tertiary/aromatic N) is 1. The Kier molecular flexibility index (Phi) is 4.62. The van der Waals surface area contributed by atoms with Crippen molar-refractivity contribution in [1.29, 1.82) is 0 Å². The van der Waals surface area contributed by atoms with E-state index in [9.17, 15) is 0 Å². The maximum atomic E-state index is 6.72. The number of fused-ring (bicyclic) bond motifs is 13. The van der Waals surface area contributed by atoms with Gasteiger partial charge in [-0.3, -0.25) is 0 Å². The van der Waals surface area contributed by atoms with Crippen molar-refractivity contribution < 1.29 is 8.83 Å². The first kappa shape index (κ1) is 24.4. The molecule has 2 aliphatic rings. The summed E-state index contributed by atoms with van der Waals surface area (Å²) in [6, 6.07) is 31.0. The molecule has 1 unspecified atom stereocenters. The molecule has 0 radical (unpaired) electrons. The minimum absolute atomic E-state index is 0.208. The minimum Gasteiger partial charge on any atom is -0.454 e. The standard InChI is InChI=1S/C41H31NO2/c1-21(2)24-17-22(3)36(23(4)18-24)25-19-32-28-13-15-30-26-9-5-7-11-34(26)43-40(30)38(28)42-37(32)33(20-25)29-14-16-31-27-10-6-8-12-35(27)44-41(31)39(29)42/h5-13,15-21,29H,14H2,1-4H3. The molecule has 0 saturated heterocycles. The first-order valence-electron chi connectivity index (χ1n) is 15.7. The van der Waals surface area contributed by atoms with Crippen LogP contribution in [0.3, 0.4) is 0 Å². The lowest BCUT2D eigenvalue weighted by molar-refractivity contribution is 0.561. The van der Waals surface area contributed by atoms with Gasteiger partial charge in [0.25, 0.3) is 0 Å². The third-order valence-corrected chi connectivity index (χ3v) is 10.3. The van der Waals surface area contributed by atoms with E-state index in [1.807, 2.05) is 0 Å². The van der Waals surface area contributed by atoms with Crippen LogP contribution in [0.4, 0.5) is 0 Å². The predicted octanol–water partition coefficient (Wildman–Crippen LogP) is 9.79. The van der Waals surface area contributed by atoms with Crippen molar-refractivity contribution in [3.05, 3.63) is 118 Å². The van der Waals surface area contributed by atoms with Crippen LogP contribution < -0.4 is 10.6 Å². The lowest BCUT2D eigenvalue weighted by Gasteiger charge is -2.18. The first-order chi connectivity index (χ1) is 21.5. The Labute approximate surface area is 254 Å². The van der Waals surface area contributed by atoms with Crippen molar-refractivity contribution in [2.24, 2.45) is 0 Å². The Morgan fingerprint density at radius 3 is 2.18 bits per heavy atom. The van der Waals surface area contributed by atoms with Gasteiger partial charge < -0.3 is 13.4 Å². The average Bonchev–Trinajstić information content (AvgIpc) is 3.76. The summed E-state index contributed by atoms with van der Waals surface area (Å²) in [7, 11) is 0. The topological polar surface area (TPSA) is 31.2 Å². The highest BCUT2D eigenvalue weighted by atomic mass is 16.3. The van der Waals surface area contributed by atoms with Crippen LogP contribution in [0.5, 0.6) is 0 Å². The van der Waals surface area contributed by atoms with Crippen molar-refractivity contribution in [2.75, 3.05) is 0 Å². The van der Waals surface area contributed by atoms with Crippen LogP contribution >= 0.6 is 0 Å². The second-order valence-electron chi connectivity index (χ2n) is 13.1. The number of rotatable bonds is 2. The van der Waals surface area contributed by atoms with Crippen LogP contribution in [0.1, 0.15) is 54.4 Å². The van der Waals surface area contributed by atoms with Gasteiger partial charge in [0, 0.05) is 38.1 Å². The third-order valence-electron chi connectivity index (χ3n) is 10.3. The highest BCUT2D eigenvalue weighted by Gasteiger charge is 2.37. The number of aryl methyl sites for hydroxylation is 2. The molecule has 3 nitrogen and oxygen atoms in total. The molecule has 3 heteroatoms. The SMILES string of the molecule is Cc1cc(C(C)C)cc(C)c1-c1cc2c3c(c1)c1ccc4c5ccccc5oc4c1n3C1=c3oc4ccccc4c3=CCC12. The van der Waals surface area contributed by atoms with Gasteiger partial charge in [-0.1, -0.05) is 74.5 Å². The van der Waals surface area contributed by atoms with Gasteiger partial charge in [-0.2, -0.15) is 0 Å². The molecule has 10 rings (SSSR count). The molecule has 1 atom stereocenters. The van der Waals surface area contributed by atoms with E-state index in [-0.39, 0.29) is 5.92 Å². The third kappa shape index (κ3) is 2.97. The summed E-state index contributed by atoms with van der Waals surface area (Å²) in [6.45, 7) is 9.09. The Morgan fingerprint density at radius 2 is 1.41 bits per heavy atom. The summed E-state index contributed by atoms with van der Waals surface area (Å²) in [4.78, 5) is 0. The number of aromatic nitrogens is 1. The molecular weight excluding hydrogens is 538 g/mol. The fraction of sp³-hybridized carbons (Fsp3) is 0.171. The molecule has 212 valence electrons. The number of hydrogen-bond acceptors (Lipinski definition) is 2. The maximum Gasteiger partial charge on any atom is 0.160 e. The van der Waals surface area contributed by atoms with Crippen molar-refractivity contribution in [1.82, 2.24) is 4.57 Å². The summed E-state index contributed by atoms with van der Waals surface area (Å²) in [5.41, 5.74) is 15.5. The van der Waals surface area contributed by atoms with E-state index in [0.29, 0.717) is 5.92 Å². The smallest absolute Gasteiger partial charge is 0.160 e. The number of furan rings is 2. The molecule has 4 heterocycles. The van der Waals surface area contributed by atoms with Crippen molar-refractivity contribution in [2.45, 2.75) is 46.0 Å². The molecule has 0 spiro atoms. The molecule has 8 aromatic rings. The highest BCUT2D eigenvalue weighted by Crippen LogP contribution is 2.51. The first-order valence-corrected chi connectivity index (χ1v) is 15.7. The zero-order chi connectivity index (χ0) is 29.4. The van der Waals surface area contributed by atoms with Gasteiger partial charge >= 0.3 is 0 Å². The van der Waals surface area contributed by atoms with E-state index in [2.05, 4.69) is 123 Å². The number of para-hydroxylation sites is 2. The zero-order valence-electron chi connectivity index (χ0n) is 25.3. The van der Waals surface area contributed by atoms with E-state index < -0.39 is 0 Å². The lowest BCUT2D eigenvalue weighted by Crippen LogP contribution is -2.30. The molecule has 3 aromatic heterocycles. The summed E-state index contributed by atoms with van der Waals surface area (Å²) in [5.74, 6) is 0.707. The fourth-order valence-electron chi connectivity index (χ4n) is 8.37. The Hall–Kier alpha value is -5.02. The van der Waals surface area contributed by atoms with E-state index in [1.54, 1.807) is 0 Å². The Bertz CT molecular complexity index is 2670. The average molecular weight is 570 g/mol. The summed E-state index contributed by atoms with van der Waals surface area (Å²) >= 11 is 0. The highest BCUT2D eigenvalue weighted by molar-refractivity contribution is 6.24. The largest absolute Gasteiger partial charge is 0.454 e. The minimum atomic E-state index is 0.208. The van der Waals surface area contributed by atoms with E-state index in [4.69, 9.17) is 8.83 Å². The Balaban J connectivity index is 1.39. The second kappa shape index (κ2) is 8.33. The predicted molar refractivity (Wildman–Crippen MR) is 182 cm³/mol. The van der Waals surface area contributed by atoms with E-state index in [1.165, 1.54) is 66.0 Å². The van der Waals surface area contributed by atoms with Gasteiger partial charge in [-0.15, -0.1) is 0 Å². The summed E-state index contributed by atoms with van der Waals surface area (Å²) in [5, 5.41) is 7.20. The molecule has 0 saturated carbocycles. The number of benzene rings is 5. The van der Waals surface area contributed by atoms with Gasteiger partial charge in [0.15, 0.2) is 11.0 Å². The molecule has 0 fully saturated rings. The molecule has 1 aliphatic carbocycles. The van der Waals surface area contributed by atoms with Crippen molar-refractivity contribution in [3.63, 3.8) is 0 Å². The second-order valence-corrected chi connectivity index (χ2v) is 13.1. The Morgan fingerprint density at radius 1 is 0.705 bits per heavy atom. The van der Waals surface area contributed by atoms with Crippen LogP contribution in [-0.4, -0.2) is 4.57 Å². The van der Waals surface area contributed by atoms with E-state index in [0.717, 1.165) is 44.9 Å². The quantitative estimate of drug-likeness (QED) is 0.207. The van der Waals surface area contributed by atoms with Crippen LogP contribution in [0.25, 0.3) is 77.6 Å². The van der Waals surface area contributed by atoms with Gasteiger partial charge in [0.1, 0.15) is 11.2 Å². The van der Waals surface area contributed by atoms with Gasteiger partial charge in [-0.25, -0.2) is 0 Å². The zero-order valence-corrected chi connectivity index (χ0v) is 25.3. The number of hydrogen-bond donors (Lipinski definition) is 0. The van der Waals surface area contributed by atoms with Gasteiger partial charge in [0.05, 0.1) is 16.7 Å². The van der Waals surface area contributed by atoms with Crippen LogP contribution in [0, 0.1) is 13.8 Å². The van der Waals surface area contributed by atoms with Crippen LogP contribution in [0.2, 0.25) is 0 Å². The maximum absolute atomic E-state index is 6.72. The molecule has 0 amide bonds. The molecular formula is C41H31NO2. The lowest BCUT2D eigenvalue weighted by atomic mass is 9.85. The van der Waals surface area contributed by atoms with Gasteiger partial charge in [-0.05, 0) is 89.9 Å². The molecule has 0 bridgehead atoms. The van der Waals surface area contributed by atoms with Crippen LogP contribution in [0.15, 0.2) is 93.8 Å². The summed E-state index contributed by atoms with van der Waals surface area (Å²) < 4.78 is 15.9. The van der Waals surface area contributed by atoms with E-state index >= 15 is 0 Å². The molecule has 44 heavy (non-hydrogen) atoms. The van der Waals surface area contributed by atoms with Crippen molar-refractivity contribution in [3.8, 4) is 11.1 Å². The fourth-order valence-corrected chi connectivity index (χ4v) is 8.37. The molecule has 1 aliphatic heterocycles. The summed E-state index contributed by atoms with van der Waals surface area (Å²) in [6.07, 6.45) is 3.33. The van der Waals surface area contributed by atoms with Crippen LogP contribution in [-0.2, 0) is 0 Å².